The predicted molar refractivity (Wildman–Crippen MR) is 174 cm³/mol. The molecule has 0 radical (unpaired) electrons. The molecule has 0 fully saturated rings. The van der Waals surface area contributed by atoms with Crippen LogP contribution in [0, 0.1) is 0 Å². The Morgan fingerprint density at radius 2 is 1.54 bits per heavy atom. The molecule has 3 N–H and O–H groups in total. The van der Waals surface area contributed by atoms with Gasteiger partial charge in [-0.25, -0.2) is 19.4 Å². The molecule has 20 heteroatoms. The number of aromatic carboxylic acids is 1. The second-order valence-electron chi connectivity index (χ2n) is 11.7. The van der Waals surface area contributed by atoms with E-state index in [0.29, 0.717) is 39.8 Å². The zero-order valence-electron chi connectivity index (χ0n) is 28.4. The number of alkyl halides is 5. The molecule has 286 valence electrons. The van der Waals surface area contributed by atoms with Crippen LogP contribution >= 0.6 is 0 Å². The van der Waals surface area contributed by atoms with Crippen LogP contribution < -0.4 is 0 Å². The summed E-state index contributed by atoms with van der Waals surface area (Å²) in [6, 6.07) is 20.0. The van der Waals surface area contributed by atoms with Gasteiger partial charge in [0.05, 0.1) is 12.0 Å². The maximum Gasteiger partial charge on any atom is 0.510 e. The number of hydrogen-bond donors (Lipinski definition) is 3. The number of aromatic nitrogens is 6. The second-order valence-corrected chi connectivity index (χ2v) is 11.7. The number of tetrazole rings is 1. The summed E-state index contributed by atoms with van der Waals surface area (Å²) in [7, 11) is 0. The van der Waals surface area contributed by atoms with Gasteiger partial charge in [0.15, 0.2) is 11.4 Å². The zero-order chi connectivity index (χ0) is 39.2. The maximum absolute atomic E-state index is 14.4. The minimum absolute atomic E-state index is 0.0418. The highest BCUT2D eigenvalue weighted by Crippen LogP contribution is 2.45. The highest BCUT2D eigenvalue weighted by atomic mass is 19.4. The smallest absolute Gasteiger partial charge is 0.477 e. The lowest BCUT2D eigenvalue weighted by Crippen LogP contribution is -2.35. The van der Waals surface area contributed by atoms with Crippen molar-refractivity contribution >= 4 is 12.1 Å². The Labute approximate surface area is 302 Å². The van der Waals surface area contributed by atoms with E-state index >= 15 is 0 Å². The molecule has 0 aliphatic rings. The van der Waals surface area contributed by atoms with E-state index < -0.39 is 47.2 Å². The normalized spacial score (nSPS) is 12.6. The number of halogens is 5. The number of carbonyl (C=O) groups excluding carboxylic acids is 1. The Balaban J connectivity index is 1.31. The fourth-order valence-electron chi connectivity index (χ4n) is 5.37. The lowest BCUT2D eigenvalue weighted by Gasteiger charge is -2.18. The van der Waals surface area contributed by atoms with Crippen LogP contribution in [0.5, 0.6) is 0 Å². The highest BCUT2D eigenvalue weighted by Gasteiger charge is 2.62. The first-order chi connectivity index (χ1) is 25.6. The van der Waals surface area contributed by atoms with Crippen LogP contribution in [-0.4, -0.2) is 69.0 Å². The number of carboxylic acid groups (broad SMARTS) is 1. The number of imidazole rings is 1. The topological polar surface area (TPSA) is 187 Å². The summed E-state index contributed by atoms with van der Waals surface area (Å²) in [5, 5.41) is 39.3. The molecule has 0 aliphatic heterocycles. The first kappa shape index (κ1) is 39.4. The Hall–Kier alpha value is -5.83. The quantitative estimate of drug-likeness (QED) is 0.0566. The Morgan fingerprint density at radius 1 is 0.907 bits per heavy atom. The van der Waals surface area contributed by atoms with E-state index in [1.165, 1.54) is 6.92 Å². The number of rotatable bonds is 15. The number of benzene rings is 3. The standard InChI is InChI=1S/C34H32F5N7O8/c1-3-8-27-40-29(33(35,36)34(37,38)39)28(31(47)48)44(27)17-21-13-15-22(16-14-21)25-11-6-7-12-26(25)30-41-43-45(42-30)20(2)54-32(49)52-18-23-9-4-5-10-24(23)19-53-46(50)51/h4-7,9-16,20,50-51H,3,8,17-19H2,1-2H3,(H,47,48). The fraction of sp³-hybridized carbons (Fsp3) is 0.294. The minimum atomic E-state index is -6.05. The first-order valence-corrected chi connectivity index (χ1v) is 16.1. The molecule has 54 heavy (non-hydrogen) atoms. The summed E-state index contributed by atoms with van der Waals surface area (Å²) < 4.78 is 79.9. The molecule has 5 rings (SSSR count). The Bertz CT molecular complexity index is 2090. The molecule has 0 saturated carbocycles. The van der Waals surface area contributed by atoms with Gasteiger partial charge >= 0.3 is 24.2 Å². The third-order valence-electron chi connectivity index (χ3n) is 7.97. The van der Waals surface area contributed by atoms with Crippen LogP contribution in [0.3, 0.4) is 0 Å². The first-order valence-electron chi connectivity index (χ1n) is 16.1. The van der Waals surface area contributed by atoms with E-state index in [9.17, 15) is 36.6 Å². The van der Waals surface area contributed by atoms with Crippen LogP contribution in [-0.2, 0) is 46.4 Å². The average Bonchev–Trinajstić information content (AvgIpc) is 3.76. The van der Waals surface area contributed by atoms with Crippen molar-refractivity contribution in [1.29, 1.82) is 0 Å². The number of nitrogens with zero attached hydrogens (tertiary/aromatic N) is 7. The summed E-state index contributed by atoms with van der Waals surface area (Å²) in [4.78, 5) is 33.6. The predicted octanol–water partition coefficient (Wildman–Crippen LogP) is 6.94. The molecule has 5 aromatic rings. The monoisotopic (exact) mass is 761 g/mol. The van der Waals surface area contributed by atoms with Gasteiger partial charge in [0.1, 0.15) is 12.4 Å². The molecule has 15 nitrogen and oxygen atoms in total. The summed E-state index contributed by atoms with van der Waals surface area (Å²) in [5.74, 6) is -7.53. The van der Waals surface area contributed by atoms with Crippen molar-refractivity contribution in [3.05, 3.63) is 107 Å². The molecule has 0 bridgehead atoms. The van der Waals surface area contributed by atoms with Gasteiger partial charge in [0.2, 0.25) is 12.1 Å². The third-order valence-corrected chi connectivity index (χ3v) is 7.97. The lowest BCUT2D eigenvalue weighted by atomic mass is 9.98. The molecule has 2 aromatic heterocycles. The molecular weight excluding hydrogens is 729 g/mol. The molecule has 0 aliphatic carbocycles. The summed E-state index contributed by atoms with van der Waals surface area (Å²) >= 11 is 0. The summed E-state index contributed by atoms with van der Waals surface area (Å²) in [6.07, 6.45) is -7.90. The third kappa shape index (κ3) is 8.85. The Kier molecular flexibility index (Phi) is 12.0. The second kappa shape index (κ2) is 16.5. The van der Waals surface area contributed by atoms with Gasteiger partial charge < -0.3 is 19.1 Å². The summed E-state index contributed by atoms with van der Waals surface area (Å²) in [5.41, 5.74) is 0.0842. The number of carboxylic acids is 1. The number of carbonyl (C=O) groups is 2. The SMILES string of the molecule is CCCc1nc(C(F)(F)C(F)(F)F)c(C(=O)O)n1Cc1ccc(-c2ccccc2-c2nnn(C(C)OC(=O)OCc3ccccc3CON(O)O)n2)cc1. The van der Waals surface area contributed by atoms with E-state index in [0.717, 1.165) is 9.36 Å². The van der Waals surface area contributed by atoms with Crippen LogP contribution in [0.15, 0.2) is 72.8 Å². The van der Waals surface area contributed by atoms with Crippen LogP contribution in [0.4, 0.5) is 26.7 Å². The van der Waals surface area contributed by atoms with Crippen LogP contribution in [0.2, 0.25) is 0 Å². The molecule has 2 heterocycles. The molecule has 1 unspecified atom stereocenters. The molecule has 0 spiro atoms. The van der Waals surface area contributed by atoms with E-state index in [1.54, 1.807) is 79.7 Å². The van der Waals surface area contributed by atoms with Crippen LogP contribution in [0.1, 0.15) is 65.2 Å². The van der Waals surface area contributed by atoms with E-state index in [4.69, 9.17) is 19.9 Å². The molecular formula is C34H32F5N7O8. The fourth-order valence-corrected chi connectivity index (χ4v) is 5.37. The zero-order valence-corrected chi connectivity index (χ0v) is 28.4. The molecule has 0 saturated heterocycles. The number of ether oxygens (including phenoxy) is 2. The van der Waals surface area contributed by atoms with E-state index in [1.807, 2.05) is 0 Å². The number of hydrogen-bond acceptors (Lipinski definition) is 12. The maximum atomic E-state index is 14.4. The van der Waals surface area contributed by atoms with Gasteiger partial charge in [0.25, 0.3) is 0 Å². The highest BCUT2D eigenvalue weighted by molar-refractivity contribution is 5.87. The van der Waals surface area contributed by atoms with Gasteiger partial charge in [0, 0.05) is 18.5 Å². The molecule has 0 amide bonds. The van der Waals surface area contributed by atoms with Crippen molar-refractivity contribution in [3.63, 3.8) is 0 Å². The largest absolute Gasteiger partial charge is 0.510 e. The lowest BCUT2D eigenvalue weighted by molar-refractivity contribution is -0.497. The summed E-state index contributed by atoms with van der Waals surface area (Å²) in [6.45, 7) is 2.35. The van der Waals surface area contributed by atoms with Gasteiger partial charge in [-0.05, 0) is 46.4 Å². The van der Waals surface area contributed by atoms with Crippen molar-refractivity contribution in [2.75, 3.05) is 0 Å². The van der Waals surface area contributed by atoms with E-state index in [2.05, 4.69) is 25.2 Å². The van der Waals surface area contributed by atoms with Gasteiger partial charge in [-0.3, -0.25) is 10.4 Å². The number of aryl methyl sites for hydroxylation is 1. The van der Waals surface area contributed by atoms with Crippen LogP contribution in [0.25, 0.3) is 22.5 Å². The minimum Gasteiger partial charge on any atom is -0.477 e. The van der Waals surface area contributed by atoms with Crippen molar-refractivity contribution < 1.29 is 61.4 Å². The van der Waals surface area contributed by atoms with Crippen molar-refractivity contribution in [2.24, 2.45) is 0 Å². The molecule has 1 atom stereocenters. The van der Waals surface area contributed by atoms with Gasteiger partial charge in [-0.15, -0.1) is 15.0 Å². The Morgan fingerprint density at radius 3 is 2.15 bits per heavy atom. The van der Waals surface area contributed by atoms with E-state index in [-0.39, 0.29) is 37.8 Å². The molecule has 3 aromatic carbocycles. The van der Waals surface area contributed by atoms with Crippen molar-refractivity contribution in [1.82, 2.24) is 35.1 Å². The van der Waals surface area contributed by atoms with Crippen molar-refractivity contribution in [2.45, 2.75) is 64.8 Å². The van der Waals surface area contributed by atoms with Crippen molar-refractivity contribution in [3.8, 4) is 22.5 Å². The van der Waals surface area contributed by atoms with Gasteiger partial charge in [-0.2, -0.15) is 22.0 Å². The van der Waals surface area contributed by atoms with Gasteiger partial charge in [-0.1, -0.05) is 79.7 Å². The average molecular weight is 762 g/mol.